The van der Waals surface area contributed by atoms with E-state index < -0.39 is 5.97 Å². The van der Waals surface area contributed by atoms with E-state index in [1.54, 1.807) is 42.5 Å². The molecular weight excluding hydrogens is 332 g/mol. The smallest absolute Gasteiger partial charge is 0.335 e. The third-order valence-corrected chi connectivity index (χ3v) is 3.39. The van der Waals surface area contributed by atoms with E-state index in [1.807, 2.05) is 6.92 Å². The zero-order chi connectivity index (χ0) is 15.4. The minimum atomic E-state index is -0.592. The zero-order valence-corrected chi connectivity index (χ0v) is 13.0. The van der Waals surface area contributed by atoms with Crippen LogP contribution in [0.1, 0.15) is 21.5 Å². The number of ketones is 1. The van der Waals surface area contributed by atoms with Gasteiger partial charge in [-0.05, 0) is 48.9 Å². The Hall–Kier alpha value is -2.20. The number of esters is 1. The molecule has 21 heavy (non-hydrogen) atoms. The standard InChI is InChI=1S/C17H13BrO3/c1-3-16(19)21-15-10-11(2)4-9-14(15)17(20)12-5-7-13(18)8-6-12/h3-10H,1H2,2H3. The number of ether oxygens (including phenoxy) is 1. The van der Waals surface area contributed by atoms with Crippen LogP contribution < -0.4 is 4.74 Å². The van der Waals surface area contributed by atoms with E-state index in [9.17, 15) is 9.59 Å². The molecule has 0 fully saturated rings. The van der Waals surface area contributed by atoms with Gasteiger partial charge in [0.1, 0.15) is 5.75 Å². The normalized spacial score (nSPS) is 10.0. The molecule has 0 aromatic heterocycles. The van der Waals surface area contributed by atoms with Crippen molar-refractivity contribution in [2.75, 3.05) is 0 Å². The van der Waals surface area contributed by atoms with Crippen molar-refractivity contribution in [3.05, 3.63) is 76.3 Å². The van der Waals surface area contributed by atoms with Crippen molar-refractivity contribution in [3.8, 4) is 5.75 Å². The Morgan fingerprint density at radius 3 is 2.43 bits per heavy atom. The van der Waals surface area contributed by atoms with Gasteiger partial charge in [0.05, 0.1) is 5.56 Å². The number of benzene rings is 2. The van der Waals surface area contributed by atoms with E-state index in [0.29, 0.717) is 11.1 Å². The maximum Gasteiger partial charge on any atom is 0.335 e. The van der Waals surface area contributed by atoms with Crippen molar-refractivity contribution in [1.29, 1.82) is 0 Å². The van der Waals surface area contributed by atoms with E-state index in [0.717, 1.165) is 16.1 Å². The molecule has 0 amide bonds. The van der Waals surface area contributed by atoms with Crippen molar-refractivity contribution >= 4 is 27.7 Å². The number of carbonyl (C=O) groups excluding carboxylic acids is 2. The summed E-state index contributed by atoms with van der Waals surface area (Å²) in [5.74, 6) is -0.548. The summed E-state index contributed by atoms with van der Waals surface area (Å²) in [5.41, 5.74) is 1.77. The molecule has 0 saturated heterocycles. The fourth-order valence-electron chi connectivity index (χ4n) is 1.81. The predicted octanol–water partition coefficient (Wildman–Crippen LogP) is 4.08. The van der Waals surface area contributed by atoms with E-state index in [1.165, 1.54) is 0 Å². The van der Waals surface area contributed by atoms with Crippen LogP contribution in [0.5, 0.6) is 5.75 Å². The molecular formula is C17H13BrO3. The van der Waals surface area contributed by atoms with E-state index in [4.69, 9.17) is 4.74 Å². The molecule has 0 aliphatic carbocycles. The maximum atomic E-state index is 12.5. The molecule has 2 rings (SSSR count). The third-order valence-electron chi connectivity index (χ3n) is 2.87. The first-order valence-electron chi connectivity index (χ1n) is 6.26. The topological polar surface area (TPSA) is 43.4 Å². The summed E-state index contributed by atoms with van der Waals surface area (Å²) in [4.78, 5) is 23.9. The highest BCUT2D eigenvalue weighted by atomic mass is 79.9. The minimum Gasteiger partial charge on any atom is -0.423 e. The second kappa shape index (κ2) is 6.50. The van der Waals surface area contributed by atoms with Crippen LogP contribution in [0.15, 0.2) is 59.6 Å². The molecule has 106 valence electrons. The molecule has 0 spiro atoms. The molecule has 2 aromatic rings. The molecule has 0 bridgehead atoms. The number of halogens is 1. The Morgan fingerprint density at radius 2 is 1.81 bits per heavy atom. The second-order valence-corrected chi connectivity index (χ2v) is 5.38. The number of hydrogen-bond donors (Lipinski definition) is 0. The van der Waals surface area contributed by atoms with E-state index in [2.05, 4.69) is 22.5 Å². The Labute approximate surface area is 131 Å². The second-order valence-electron chi connectivity index (χ2n) is 4.46. The van der Waals surface area contributed by atoms with Gasteiger partial charge in [0.25, 0.3) is 0 Å². The van der Waals surface area contributed by atoms with Crippen molar-refractivity contribution < 1.29 is 14.3 Å². The van der Waals surface area contributed by atoms with E-state index >= 15 is 0 Å². The average Bonchev–Trinajstić information content (AvgIpc) is 2.47. The quantitative estimate of drug-likeness (QED) is 0.363. The highest BCUT2D eigenvalue weighted by molar-refractivity contribution is 9.10. The molecule has 3 nitrogen and oxygen atoms in total. The van der Waals surface area contributed by atoms with Crippen LogP contribution in [-0.4, -0.2) is 11.8 Å². The Morgan fingerprint density at radius 1 is 1.14 bits per heavy atom. The molecule has 0 aliphatic heterocycles. The Kier molecular flexibility index (Phi) is 4.70. The van der Waals surface area contributed by atoms with Gasteiger partial charge in [-0.25, -0.2) is 4.79 Å². The molecule has 0 atom stereocenters. The van der Waals surface area contributed by atoms with Gasteiger partial charge in [-0.3, -0.25) is 4.79 Å². The first-order chi connectivity index (χ1) is 10.0. The van der Waals surface area contributed by atoms with Crippen LogP contribution >= 0.6 is 15.9 Å². The van der Waals surface area contributed by atoms with Gasteiger partial charge >= 0.3 is 5.97 Å². The molecule has 0 radical (unpaired) electrons. The monoisotopic (exact) mass is 344 g/mol. The molecule has 0 saturated carbocycles. The third kappa shape index (κ3) is 3.67. The molecule has 0 heterocycles. The van der Waals surface area contributed by atoms with Crippen LogP contribution in [0.2, 0.25) is 0 Å². The van der Waals surface area contributed by atoms with Gasteiger partial charge in [-0.2, -0.15) is 0 Å². The fourth-order valence-corrected chi connectivity index (χ4v) is 2.07. The Bertz CT molecular complexity index is 702. The summed E-state index contributed by atoms with van der Waals surface area (Å²) in [6, 6.07) is 12.1. The molecule has 0 N–H and O–H groups in total. The van der Waals surface area contributed by atoms with Gasteiger partial charge in [-0.15, -0.1) is 0 Å². The lowest BCUT2D eigenvalue weighted by molar-refractivity contribution is -0.128. The lowest BCUT2D eigenvalue weighted by Crippen LogP contribution is -2.09. The number of aryl methyl sites for hydroxylation is 1. The van der Waals surface area contributed by atoms with Crippen LogP contribution in [0.25, 0.3) is 0 Å². The summed E-state index contributed by atoms with van der Waals surface area (Å²) in [7, 11) is 0. The number of hydrogen-bond acceptors (Lipinski definition) is 3. The summed E-state index contributed by atoms with van der Waals surface area (Å²) < 4.78 is 6.04. The van der Waals surface area contributed by atoms with Gasteiger partial charge < -0.3 is 4.74 Å². The fraction of sp³-hybridized carbons (Fsp3) is 0.0588. The van der Waals surface area contributed by atoms with Crippen LogP contribution in [0, 0.1) is 6.92 Å². The molecule has 4 heteroatoms. The van der Waals surface area contributed by atoms with Crippen LogP contribution in [0.4, 0.5) is 0 Å². The number of rotatable bonds is 4. The van der Waals surface area contributed by atoms with Gasteiger partial charge in [0.15, 0.2) is 5.78 Å². The summed E-state index contributed by atoms with van der Waals surface area (Å²) in [5, 5.41) is 0. The molecule has 0 unspecified atom stereocenters. The highest BCUT2D eigenvalue weighted by Crippen LogP contribution is 2.24. The summed E-state index contributed by atoms with van der Waals surface area (Å²) in [6.45, 7) is 5.22. The average molecular weight is 345 g/mol. The summed E-state index contributed by atoms with van der Waals surface area (Å²) >= 11 is 3.33. The van der Waals surface area contributed by atoms with Crippen molar-refractivity contribution in [3.63, 3.8) is 0 Å². The largest absolute Gasteiger partial charge is 0.423 e. The van der Waals surface area contributed by atoms with E-state index in [-0.39, 0.29) is 11.5 Å². The van der Waals surface area contributed by atoms with Crippen LogP contribution in [-0.2, 0) is 4.79 Å². The minimum absolute atomic E-state index is 0.200. The first kappa shape index (κ1) is 15.2. The Balaban J connectivity index is 2.42. The van der Waals surface area contributed by atoms with Gasteiger partial charge in [-0.1, -0.05) is 28.6 Å². The summed E-state index contributed by atoms with van der Waals surface area (Å²) in [6.07, 6.45) is 1.07. The lowest BCUT2D eigenvalue weighted by Gasteiger charge is -2.09. The number of carbonyl (C=O) groups is 2. The van der Waals surface area contributed by atoms with Crippen molar-refractivity contribution in [1.82, 2.24) is 0 Å². The highest BCUT2D eigenvalue weighted by Gasteiger charge is 2.16. The SMILES string of the molecule is C=CC(=O)Oc1cc(C)ccc1C(=O)c1ccc(Br)cc1. The van der Waals surface area contributed by atoms with Crippen molar-refractivity contribution in [2.24, 2.45) is 0 Å². The lowest BCUT2D eigenvalue weighted by atomic mass is 10.0. The predicted molar refractivity (Wildman–Crippen MR) is 84.6 cm³/mol. The molecule has 0 aliphatic rings. The van der Waals surface area contributed by atoms with Crippen LogP contribution in [0.3, 0.4) is 0 Å². The first-order valence-corrected chi connectivity index (χ1v) is 7.05. The van der Waals surface area contributed by atoms with Gasteiger partial charge in [0, 0.05) is 16.1 Å². The van der Waals surface area contributed by atoms with Crippen molar-refractivity contribution in [2.45, 2.75) is 6.92 Å². The maximum absolute atomic E-state index is 12.5. The van der Waals surface area contributed by atoms with Gasteiger partial charge in [0.2, 0.25) is 0 Å². The zero-order valence-electron chi connectivity index (χ0n) is 11.4. The molecule has 2 aromatic carbocycles.